The van der Waals surface area contributed by atoms with Crippen LogP contribution in [0.5, 0.6) is 17.2 Å². The first kappa shape index (κ1) is 27.4. The molecule has 0 radical (unpaired) electrons. The summed E-state index contributed by atoms with van der Waals surface area (Å²) in [5.74, 6) is 0.275. The van der Waals surface area contributed by atoms with Crippen LogP contribution in [0.25, 0.3) is 11.1 Å². The van der Waals surface area contributed by atoms with Gasteiger partial charge in [0.25, 0.3) is 0 Å². The number of carbonyl (C=O) groups is 3. The molecule has 202 valence electrons. The molecule has 2 atom stereocenters. The van der Waals surface area contributed by atoms with E-state index in [1.54, 1.807) is 44.4 Å². The number of hydrogen-bond acceptors (Lipinski definition) is 8. The van der Waals surface area contributed by atoms with Crippen molar-refractivity contribution < 1.29 is 38.1 Å². The Labute approximate surface area is 227 Å². The van der Waals surface area contributed by atoms with Gasteiger partial charge in [-0.2, -0.15) is 0 Å². The lowest BCUT2D eigenvalue weighted by atomic mass is 9.99. The quantitative estimate of drug-likeness (QED) is 0.183. The summed E-state index contributed by atoms with van der Waals surface area (Å²) in [5, 5.41) is 0. The summed E-state index contributed by atoms with van der Waals surface area (Å²) in [7, 11) is 1.65. The molecule has 8 nitrogen and oxygen atoms in total. The first-order chi connectivity index (χ1) is 18.8. The predicted octanol–water partition coefficient (Wildman–Crippen LogP) is 5.48. The van der Waals surface area contributed by atoms with Crippen LogP contribution < -0.4 is 14.2 Å². The molecule has 1 aliphatic rings. The zero-order valence-electron chi connectivity index (χ0n) is 22.1. The SMILES string of the molecule is C=CC(=O)OCC(COc1ccc(C(=O)Oc2ccc3c(c2)C(C)c2cc(OC)ccc2-3)cc1)OC(=O)CC. The van der Waals surface area contributed by atoms with E-state index >= 15 is 0 Å². The molecule has 0 heterocycles. The molecule has 0 bridgehead atoms. The third-order valence-electron chi connectivity index (χ3n) is 6.41. The van der Waals surface area contributed by atoms with Crippen LogP contribution in [-0.2, 0) is 19.1 Å². The van der Waals surface area contributed by atoms with E-state index in [4.69, 9.17) is 23.7 Å². The van der Waals surface area contributed by atoms with Crippen LogP contribution in [0.1, 0.15) is 47.7 Å². The monoisotopic (exact) mass is 530 g/mol. The Balaban J connectivity index is 1.37. The number of rotatable bonds is 11. The van der Waals surface area contributed by atoms with Gasteiger partial charge in [0.15, 0.2) is 6.10 Å². The van der Waals surface area contributed by atoms with Gasteiger partial charge in [0.2, 0.25) is 0 Å². The molecule has 2 unspecified atom stereocenters. The van der Waals surface area contributed by atoms with Crippen LogP contribution in [0.2, 0.25) is 0 Å². The Hall–Kier alpha value is -4.59. The van der Waals surface area contributed by atoms with E-state index in [-0.39, 0.29) is 25.6 Å². The third-order valence-corrected chi connectivity index (χ3v) is 6.41. The minimum Gasteiger partial charge on any atom is -0.497 e. The lowest BCUT2D eigenvalue weighted by molar-refractivity contribution is -0.158. The van der Waals surface area contributed by atoms with Crippen LogP contribution in [0.3, 0.4) is 0 Å². The third kappa shape index (κ3) is 6.46. The number of esters is 3. The fraction of sp³-hybridized carbons (Fsp3) is 0.258. The molecular formula is C31H30O8. The smallest absolute Gasteiger partial charge is 0.343 e. The van der Waals surface area contributed by atoms with E-state index in [1.807, 2.05) is 24.3 Å². The minimum absolute atomic E-state index is 0.0401. The number of fused-ring (bicyclic) bond motifs is 3. The Kier molecular flexibility index (Phi) is 8.66. The molecule has 0 amide bonds. The van der Waals surface area contributed by atoms with Gasteiger partial charge in [0, 0.05) is 18.4 Å². The van der Waals surface area contributed by atoms with E-state index < -0.39 is 24.0 Å². The summed E-state index contributed by atoms with van der Waals surface area (Å²) in [4.78, 5) is 35.9. The van der Waals surface area contributed by atoms with Crippen molar-refractivity contribution in [3.8, 4) is 28.4 Å². The number of methoxy groups -OCH3 is 1. The van der Waals surface area contributed by atoms with Crippen molar-refractivity contribution in [1.29, 1.82) is 0 Å². The predicted molar refractivity (Wildman–Crippen MR) is 144 cm³/mol. The molecule has 0 aliphatic heterocycles. The van der Waals surface area contributed by atoms with Crippen molar-refractivity contribution in [2.24, 2.45) is 0 Å². The highest BCUT2D eigenvalue weighted by atomic mass is 16.6. The summed E-state index contributed by atoms with van der Waals surface area (Å²) >= 11 is 0. The molecule has 0 saturated heterocycles. The molecule has 3 aromatic rings. The second-order valence-corrected chi connectivity index (χ2v) is 8.95. The van der Waals surface area contributed by atoms with Gasteiger partial charge in [0.05, 0.1) is 12.7 Å². The minimum atomic E-state index is -0.791. The van der Waals surface area contributed by atoms with Crippen molar-refractivity contribution in [3.63, 3.8) is 0 Å². The normalized spacial score (nSPS) is 13.9. The van der Waals surface area contributed by atoms with E-state index in [2.05, 4.69) is 19.6 Å². The molecule has 0 spiro atoms. The van der Waals surface area contributed by atoms with E-state index in [0.717, 1.165) is 28.5 Å². The zero-order chi connectivity index (χ0) is 27.9. The van der Waals surface area contributed by atoms with Gasteiger partial charge in [-0.05, 0) is 70.8 Å². The fourth-order valence-electron chi connectivity index (χ4n) is 4.31. The second kappa shape index (κ2) is 12.3. The van der Waals surface area contributed by atoms with Crippen molar-refractivity contribution >= 4 is 17.9 Å². The number of ether oxygens (including phenoxy) is 5. The van der Waals surface area contributed by atoms with Crippen LogP contribution in [0, 0.1) is 0 Å². The molecule has 8 heteroatoms. The zero-order valence-corrected chi connectivity index (χ0v) is 22.1. The van der Waals surface area contributed by atoms with Gasteiger partial charge in [-0.25, -0.2) is 9.59 Å². The van der Waals surface area contributed by atoms with Crippen LogP contribution in [0.4, 0.5) is 0 Å². The first-order valence-corrected chi connectivity index (χ1v) is 12.6. The van der Waals surface area contributed by atoms with Crippen LogP contribution in [-0.4, -0.2) is 44.3 Å². The number of carbonyl (C=O) groups excluding carboxylic acids is 3. The molecule has 0 fully saturated rings. The summed E-state index contributed by atoms with van der Waals surface area (Å²) < 4.78 is 27.0. The van der Waals surface area contributed by atoms with Crippen molar-refractivity contribution in [1.82, 2.24) is 0 Å². The molecular weight excluding hydrogens is 500 g/mol. The highest BCUT2D eigenvalue weighted by Crippen LogP contribution is 2.46. The average Bonchev–Trinajstić information content (AvgIpc) is 3.24. The summed E-state index contributed by atoms with van der Waals surface area (Å²) in [5.41, 5.74) is 4.87. The van der Waals surface area contributed by atoms with Crippen LogP contribution in [0.15, 0.2) is 73.3 Å². The van der Waals surface area contributed by atoms with Gasteiger partial charge in [0.1, 0.15) is 30.5 Å². The van der Waals surface area contributed by atoms with Gasteiger partial charge in [-0.15, -0.1) is 0 Å². The molecule has 3 aromatic carbocycles. The molecule has 0 N–H and O–H groups in total. The Morgan fingerprint density at radius 2 is 1.51 bits per heavy atom. The maximum atomic E-state index is 12.8. The first-order valence-electron chi connectivity index (χ1n) is 12.6. The molecule has 39 heavy (non-hydrogen) atoms. The van der Waals surface area contributed by atoms with Gasteiger partial charge < -0.3 is 23.7 Å². The Morgan fingerprint density at radius 1 is 0.897 bits per heavy atom. The maximum absolute atomic E-state index is 12.8. The highest BCUT2D eigenvalue weighted by Gasteiger charge is 2.27. The number of hydrogen-bond donors (Lipinski definition) is 0. The highest BCUT2D eigenvalue weighted by molar-refractivity contribution is 5.91. The largest absolute Gasteiger partial charge is 0.497 e. The summed E-state index contributed by atoms with van der Waals surface area (Å²) in [6.07, 6.45) is 0.408. The van der Waals surface area contributed by atoms with Crippen molar-refractivity contribution in [3.05, 3.63) is 90.0 Å². The lowest BCUT2D eigenvalue weighted by Gasteiger charge is -2.18. The number of benzene rings is 3. The van der Waals surface area contributed by atoms with Crippen LogP contribution >= 0.6 is 0 Å². The average molecular weight is 531 g/mol. The molecule has 1 aliphatic carbocycles. The summed E-state index contributed by atoms with van der Waals surface area (Å²) in [6.45, 7) is 6.90. The molecule has 0 aromatic heterocycles. The van der Waals surface area contributed by atoms with Gasteiger partial charge >= 0.3 is 17.9 Å². The Morgan fingerprint density at radius 3 is 2.13 bits per heavy atom. The van der Waals surface area contributed by atoms with Gasteiger partial charge in [-0.3, -0.25) is 4.79 Å². The Bertz CT molecular complexity index is 1380. The van der Waals surface area contributed by atoms with Crippen molar-refractivity contribution in [2.75, 3.05) is 20.3 Å². The van der Waals surface area contributed by atoms with Crippen molar-refractivity contribution in [2.45, 2.75) is 32.3 Å². The summed E-state index contributed by atoms with van der Waals surface area (Å²) in [6, 6.07) is 18.1. The maximum Gasteiger partial charge on any atom is 0.343 e. The lowest BCUT2D eigenvalue weighted by Crippen LogP contribution is -2.30. The topological polar surface area (TPSA) is 97.4 Å². The van der Waals surface area contributed by atoms with E-state index in [0.29, 0.717) is 17.1 Å². The molecule has 0 saturated carbocycles. The van der Waals surface area contributed by atoms with E-state index in [1.165, 1.54) is 5.56 Å². The second-order valence-electron chi connectivity index (χ2n) is 8.95. The standard InChI is InChI=1S/C31H30O8/c1-5-29(32)37-18-24(38-30(33)6-2)17-36-21-9-7-20(8-10-21)31(34)39-23-12-14-26-25-13-11-22(35-4)15-27(25)19(3)28(26)16-23/h5,7-16,19,24H,1,6,17-18H2,2-4H3. The van der Waals surface area contributed by atoms with Gasteiger partial charge in [-0.1, -0.05) is 32.6 Å². The molecule has 4 rings (SSSR count). The fourth-order valence-corrected chi connectivity index (χ4v) is 4.31. The van der Waals surface area contributed by atoms with E-state index in [9.17, 15) is 14.4 Å².